The number of amides is 3. The molecule has 2 aliphatic rings. The van der Waals surface area contributed by atoms with E-state index in [-0.39, 0.29) is 18.0 Å². The molecule has 7 nitrogen and oxygen atoms in total. The molecule has 1 saturated carbocycles. The van der Waals surface area contributed by atoms with E-state index >= 15 is 0 Å². The van der Waals surface area contributed by atoms with Crippen LogP contribution in [0.4, 0.5) is 16.2 Å². The number of carbonyl (C=O) groups is 2. The van der Waals surface area contributed by atoms with Gasteiger partial charge in [-0.1, -0.05) is 18.2 Å². The molecule has 3 N–H and O–H groups in total. The van der Waals surface area contributed by atoms with Crippen molar-refractivity contribution in [2.75, 3.05) is 23.8 Å². The Balaban J connectivity index is 1.26. The van der Waals surface area contributed by atoms with Crippen molar-refractivity contribution in [3.8, 4) is 0 Å². The van der Waals surface area contributed by atoms with E-state index in [1.54, 1.807) is 24.3 Å². The third kappa shape index (κ3) is 4.93. The summed E-state index contributed by atoms with van der Waals surface area (Å²) in [6.45, 7) is 1.31. The molecule has 2 aromatic rings. The Morgan fingerprint density at radius 3 is 2.03 bits per heavy atom. The average molecular weight is 395 g/mol. The lowest BCUT2D eigenvalue weighted by molar-refractivity contribution is -0.179. The number of benzene rings is 2. The minimum absolute atomic E-state index is 0.112. The highest BCUT2D eigenvalue weighted by Gasteiger charge is 2.40. The molecule has 0 atom stereocenters. The second kappa shape index (κ2) is 8.63. The quantitative estimate of drug-likeness (QED) is 0.736. The standard InChI is InChI=1S/C22H25N3O4/c26-20(23-19-10-12-22(13-11-19)28-14-15-29-22)16-6-8-18(9-7-16)25-21(27)24-17-4-2-1-3-5-17/h1-9,19H,10-15H2,(H,23,26)(H2,24,25,27). The first-order chi connectivity index (χ1) is 14.1. The summed E-state index contributed by atoms with van der Waals surface area (Å²) < 4.78 is 11.5. The topological polar surface area (TPSA) is 88.7 Å². The zero-order valence-electron chi connectivity index (χ0n) is 16.1. The lowest BCUT2D eigenvalue weighted by atomic mass is 9.90. The van der Waals surface area contributed by atoms with E-state index in [9.17, 15) is 9.59 Å². The third-order valence-corrected chi connectivity index (χ3v) is 5.33. The fourth-order valence-electron chi connectivity index (χ4n) is 3.78. The fourth-order valence-corrected chi connectivity index (χ4v) is 3.78. The number of hydrogen-bond acceptors (Lipinski definition) is 4. The molecule has 1 aliphatic heterocycles. The first-order valence-electron chi connectivity index (χ1n) is 9.94. The summed E-state index contributed by atoms with van der Waals surface area (Å²) in [4.78, 5) is 24.6. The molecule has 2 aromatic carbocycles. The van der Waals surface area contributed by atoms with Crippen LogP contribution in [0, 0.1) is 0 Å². The maximum absolute atomic E-state index is 12.5. The minimum Gasteiger partial charge on any atom is -0.349 e. The third-order valence-electron chi connectivity index (χ3n) is 5.33. The van der Waals surface area contributed by atoms with Gasteiger partial charge in [0, 0.05) is 35.8 Å². The van der Waals surface area contributed by atoms with Crippen LogP contribution in [0.5, 0.6) is 0 Å². The van der Waals surface area contributed by atoms with Crippen LogP contribution < -0.4 is 16.0 Å². The fraction of sp³-hybridized carbons (Fsp3) is 0.364. The van der Waals surface area contributed by atoms with Crippen molar-refractivity contribution < 1.29 is 19.1 Å². The first-order valence-corrected chi connectivity index (χ1v) is 9.94. The number of anilines is 2. The largest absolute Gasteiger partial charge is 0.349 e. The van der Waals surface area contributed by atoms with Crippen molar-refractivity contribution in [2.45, 2.75) is 37.5 Å². The molecule has 1 heterocycles. The van der Waals surface area contributed by atoms with Gasteiger partial charge in [0.05, 0.1) is 13.2 Å². The number of hydrogen-bond donors (Lipinski definition) is 3. The molecule has 0 radical (unpaired) electrons. The molecular formula is C22H25N3O4. The molecule has 0 unspecified atom stereocenters. The van der Waals surface area contributed by atoms with Gasteiger partial charge in [-0.15, -0.1) is 0 Å². The van der Waals surface area contributed by atoms with E-state index in [4.69, 9.17) is 9.47 Å². The molecule has 0 aromatic heterocycles. The molecule has 4 rings (SSSR count). The van der Waals surface area contributed by atoms with E-state index in [2.05, 4.69) is 16.0 Å². The Morgan fingerprint density at radius 2 is 1.41 bits per heavy atom. The minimum atomic E-state index is -0.422. The van der Waals surface area contributed by atoms with Crippen molar-refractivity contribution in [1.82, 2.24) is 5.32 Å². The van der Waals surface area contributed by atoms with Gasteiger partial charge in [0.15, 0.2) is 5.79 Å². The molecule has 152 valence electrons. The Kier molecular flexibility index (Phi) is 5.78. The molecule has 7 heteroatoms. The number of rotatable bonds is 4. The van der Waals surface area contributed by atoms with Crippen LogP contribution >= 0.6 is 0 Å². The monoisotopic (exact) mass is 395 g/mol. The summed E-state index contributed by atoms with van der Waals surface area (Å²) in [5.41, 5.74) is 1.89. The molecule has 1 saturated heterocycles. The number of carbonyl (C=O) groups excluding carboxylic acids is 2. The van der Waals surface area contributed by atoms with Crippen LogP contribution in [-0.2, 0) is 9.47 Å². The van der Waals surface area contributed by atoms with Gasteiger partial charge in [0.2, 0.25) is 0 Å². The number of ether oxygens (including phenoxy) is 2. The summed E-state index contributed by atoms with van der Waals surface area (Å²) >= 11 is 0. The summed E-state index contributed by atoms with van der Waals surface area (Å²) in [5, 5.41) is 8.59. The van der Waals surface area contributed by atoms with Crippen molar-refractivity contribution in [3.63, 3.8) is 0 Å². The van der Waals surface area contributed by atoms with Crippen LogP contribution in [0.15, 0.2) is 54.6 Å². The van der Waals surface area contributed by atoms with E-state index in [0.29, 0.717) is 30.2 Å². The van der Waals surface area contributed by atoms with Gasteiger partial charge in [0.1, 0.15) is 0 Å². The van der Waals surface area contributed by atoms with Gasteiger partial charge in [-0.2, -0.15) is 0 Å². The summed E-state index contributed by atoms with van der Waals surface area (Å²) in [6, 6.07) is 15.8. The molecular weight excluding hydrogens is 370 g/mol. The van der Waals surface area contributed by atoms with E-state index in [0.717, 1.165) is 25.7 Å². The first kappa shape index (κ1) is 19.4. The zero-order valence-corrected chi connectivity index (χ0v) is 16.1. The highest BCUT2D eigenvalue weighted by atomic mass is 16.7. The van der Waals surface area contributed by atoms with Crippen molar-refractivity contribution in [2.24, 2.45) is 0 Å². The van der Waals surface area contributed by atoms with Gasteiger partial charge >= 0.3 is 6.03 Å². The molecule has 2 fully saturated rings. The van der Waals surface area contributed by atoms with Gasteiger partial charge in [-0.3, -0.25) is 4.79 Å². The predicted octanol–water partition coefficient (Wildman–Crippen LogP) is 3.75. The van der Waals surface area contributed by atoms with Crippen molar-refractivity contribution in [3.05, 3.63) is 60.2 Å². The van der Waals surface area contributed by atoms with Crippen LogP contribution in [0.1, 0.15) is 36.0 Å². The molecule has 1 aliphatic carbocycles. The molecule has 3 amide bonds. The van der Waals surface area contributed by atoms with E-state index in [1.807, 2.05) is 30.3 Å². The Labute approximate surface area is 169 Å². The molecule has 29 heavy (non-hydrogen) atoms. The smallest absolute Gasteiger partial charge is 0.323 e. The molecule has 1 spiro atoms. The predicted molar refractivity (Wildman–Crippen MR) is 110 cm³/mol. The molecule has 0 bridgehead atoms. The summed E-state index contributed by atoms with van der Waals surface area (Å²) in [5.74, 6) is -0.533. The Hall–Kier alpha value is -2.90. The van der Waals surface area contributed by atoms with E-state index in [1.165, 1.54) is 0 Å². The van der Waals surface area contributed by atoms with Crippen LogP contribution in [0.3, 0.4) is 0 Å². The van der Waals surface area contributed by atoms with Crippen molar-refractivity contribution >= 4 is 23.3 Å². The van der Waals surface area contributed by atoms with Gasteiger partial charge in [-0.05, 0) is 49.2 Å². The maximum atomic E-state index is 12.5. The lowest BCUT2D eigenvalue weighted by Crippen LogP contribution is -2.44. The second-order valence-electron chi connectivity index (χ2n) is 7.38. The maximum Gasteiger partial charge on any atom is 0.323 e. The summed E-state index contributed by atoms with van der Waals surface area (Å²) in [7, 11) is 0. The average Bonchev–Trinajstić information content (AvgIpc) is 3.19. The van der Waals surface area contributed by atoms with Crippen LogP contribution in [0.2, 0.25) is 0 Å². The highest BCUT2D eigenvalue weighted by molar-refractivity contribution is 6.00. The number of urea groups is 1. The van der Waals surface area contributed by atoms with Gasteiger partial charge in [-0.25, -0.2) is 4.79 Å². The number of nitrogens with one attached hydrogen (secondary N) is 3. The SMILES string of the molecule is O=C(Nc1ccccc1)Nc1ccc(C(=O)NC2CCC3(CC2)OCCO3)cc1. The highest BCUT2D eigenvalue weighted by Crippen LogP contribution is 2.35. The lowest BCUT2D eigenvalue weighted by Gasteiger charge is -2.35. The Bertz CT molecular complexity index is 838. The van der Waals surface area contributed by atoms with Gasteiger partial charge in [0.25, 0.3) is 5.91 Å². The van der Waals surface area contributed by atoms with E-state index < -0.39 is 5.79 Å². The van der Waals surface area contributed by atoms with Crippen molar-refractivity contribution in [1.29, 1.82) is 0 Å². The summed E-state index contributed by atoms with van der Waals surface area (Å²) in [6.07, 6.45) is 3.28. The Morgan fingerprint density at radius 1 is 0.828 bits per heavy atom. The number of para-hydroxylation sites is 1. The second-order valence-corrected chi connectivity index (χ2v) is 7.38. The van der Waals surface area contributed by atoms with Gasteiger partial charge < -0.3 is 25.4 Å². The zero-order chi connectivity index (χ0) is 20.1. The van der Waals surface area contributed by atoms with Crippen LogP contribution in [-0.4, -0.2) is 37.0 Å². The van der Waals surface area contributed by atoms with Crippen LogP contribution in [0.25, 0.3) is 0 Å². The normalized spacial score (nSPS) is 18.3.